The molecule has 0 aromatic heterocycles. The quantitative estimate of drug-likeness (QED) is 0.899. The van der Waals surface area contributed by atoms with Gasteiger partial charge < -0.3 is 10.0 Å². The summed E-state index contributed by atoms with van der Waals surface area (Å²) in [6, 6.07) is 10.3. The van der Waals surface area contributed by atoms with Crippen molar-refractivity contribution in [1.82, 2.24) is 9.80 Å². The van der Waals surface area contributed by atoms with Gasteiger partial charge in [0.1, 0.15) is 0 Å². The summed E-state index contributed by atoms with van der Waals surface area (Å²) in [4.78, 5) is 15.8. The van der Waals surface area contributed by atoms with Crippen molar-refractivity contribution in [1.29, 1.82) is 0 Å². The molecule has 1 aliphatic heterocycles. The molecule has 1 N–H and O–H groups in total. The van der Waals surface area contributed by atoms with Crippen molar-refractivity contribution < 1.29 is 9.90 Å². The van der Waals surface area contributed by atoms with E-state index in [9.17, 15) is 9.90 Å². The average molecular weight is 262 g/mol. The third kappa shape index (κ3) is 3.55. The Morgan fingerprint density at radius 3 is 2.63 bits per heavy atom. The Balaban J connectivity index is 2.20. The Labute approximate surface area is 114 Å². The minimum absolute atomic E-state index is 0.0256. The molecule has 2 atom stereocenters. The molecule has 1 saturated heterocycles. The molecule has 0 amide bonds. The molecule has 1 fully saturated rings. The highest BCUT2D eigenvalue weighted by molar-refractivity contribution is 5.68. The van der Waals surface area contributed by atoms with E-state index in [4.69, 9.17) is 0 Å². The number of carboxylic acids is 1. The van der Waals surface area contributed by atoms with Crippen molar-refractivity contribution in [2.45, 2.75) is 25.4 Å². The van der Waals surface area contributed by atoms with Crippen LogP contribution in [0.15, 0.2) is 30.3 Å². The first kappa shape index (κ1) is 14.0. The number of benzene rings is 1. The molecule has 0 aliphatic carbocycles. The first-order valence-electron chi connectivity index (χ1n) is 6.79. The van der Waals surface area contributed by atoms with Crippen molar-refractivity contribution in [3.8, 4) is 0 Å². The van der Waals surface area contributed by atoms with Crippen LogP contribution < -0.4 is 0 Å². The van der Waals surface area contributed by atoms with Gasteiger partial charge >= 0.3 is 5.97 Å². The second kappa shape index (κ2) is 6.17. The molecular weight excluding hydrogens is 240 g/mol. The van der Waals surface area contributed by atoms with E-state index < -0.39 is 5.97 Å². The number of carbonyl (C=O) groups is 1. The van der Waals surface area contributed by atoms with Gasteiger partial charge in [0.25, 0.3) is 0 Å². The zero-order chi connectivity index (χ0) is 13.8. The number of likely N-dealkylation sites (N-methyl/N-ethyl adjacent to an activating group) is 1. The monoisotopic (exact) mass is 262 g/mol. The van der Waals surface area contributed by atoms with E-state index in [1.54, 1.807) is 0 Å². The lowest BCUT2D eigenvalue weighted by Gasteiger charge is -2.42. The summed E-state index contributed by atoms with van der Waals surface area (Å²) in [5.74, 6) is -0.736. The standard InChI is InChI=1S/C15H22N2O2/c1-12-11-16(2)8-9-17(12)14(10-15(18)19)13-6-4-3-5-7-13/h3-7,12,14H,8-11H2,1-2H3,(H,18,19). The van der Waals surface area contributed by atoms with Crippen molar-refractivity contribution in [3.05, 3.63) is 35.9 Å². The summed E-state index contributed by atoms with van der Waals surface area (Å²) in [6.07, 6.45) is 0.165. The largest absolute Gasteiger partial charge is 0.481 e. The van der Waals surface area contributed by atoms with Crippen LogP contribution in [0.1, 0.15) is 24.9 Å². The third-order valence-electron chi connectivity index (χ3n) is 3.83. The Kier molecular flexibility index (Phi) is 4.56. The van der Waals surface area contributed by atoms with Crippen LogP contribution in [0.25, 0.3) is 0 Å². The fraction of sp³-hybridized carbons (Fsp3) is 0.533. The van der Waals surface area contributed by atoms with E-state index in [-0.39, 0.29) is 12.5 Å². The van der Waals surface area contributed by atoms with Crippen molar-refractivity contribution >= 4 is 5.97 Å². The molecule has 0 radical (unpaired) electrons. The number of carboxylic acid groups (broad SMARTS) is 1. The number of piperazine rings is 1. The molecule has 104 valence electrons. The molecule has 0 saturated carbocycles. The van der Waals surface area contributed by atoms with Gasteiger partial charge in [-0.2, -0.15) is 0 Å². The van der Waals surface area contributed by atoms with Gasteiger partial charge in [0.2, 0.25) is 0 Å². The molecule has 4 nitrogen and oxygen atoms in total. The Morgan fingerprint density at radius 1 is 1.37 bits per heavy atom. The van der Waals surface area contributed by atoms with Crippen molar-refractivity contribution in [2.75, 3.05) is 26.7 Å². The number of nitrogens with zero attached hydrogens (tertiary/aromatic N) is 2. The first-order chi connectivity index (χ1) is 9.08. The topological polar surface area (TPSA) is 43.8 Å². The predicted octanol–water partition coefficient (Wildman–Crippen LogP) is 1.84. The van der Waals surface area contributed by atoms with Crippen LogP contribution in [0, 0.1) is 0 Å². The molecule has 2 rings (SSSR count). The van der Waals surface area contributed by atoms with E-state index in [2.05, 4.69) is 23.8 Å². The minimum Gasteiger partial charge on any atom is -0.481 e. The summed E-state index contributed by atoms with van der Waals surface area (Å²) >= 11 is 0. The highest BCUT2D eigenvalue weighted by Crippen LogP contribution is 2.28. The van der Waals surface area contributed by atoms with E-state index in [0.717, 1.165) is 25.2 Å². The fourth-order valence-corrected chi connectivity index (χ4v) is 2.88. The molecule has 1 aromatic rings. The summed E-state index contributed by atoms with van der Waals surface area (Å²) in [7, 11) is 2.11. The summed E-state index contributed by atoms with van der Waals surface area (Å²) in [6.45, 7) is 5.08. The second-order valence-corrected chi connectivity index (χ2v) is 5.37. The molecule has 0 spiro atoms. The highest BCUT2D eigenvalue weighted by atomic mass is 16.4. The maximum absolute atomic E-state index is 11.2. The molecule has 19 heavy (non-hydrogen) atoms. The fourth-order valence-electron chi connectivity index (χ4n) is 2.88. The van der Waals surface area contributed by atoms with Gasteiger partial charge in [-0.15, -0.1) is 0 Å². The molecule has 1 aliphatic rings. The van der Waals surface area contributed by atoms with Crippen LogP contribution in [0.4, 0.5) is 0 Å². The maximum Gasteiger partial charge on any atom is 0.305 e. The van der Waals surface area contributed by atoms with Crippen molar-refractivity contribution in [2.24, 2.45) is 0 Å². The highest BCUT2D eigenvalue weighted by Gasteiger charge is 2.30. The lowest BCUT2D eigenvalue weighted by atomic mass is 9.99. The predicted molar refractivity (Wildman–Crippen MR) is 75.1 cm³/mol. The number of hydrogen-bond acceptors (Lipinski definition) is 3. The second-order valence-electron chi connectivity index (χ2n) is 5.37. The average Bonchev–Trinajstić information content (AvgIpc) is 2.37. The van der Waals surface area contributed by atoms with E-state index >= 15 is 0 Å². The molecule has 4 heteroatoms. The van der Waals surface area contributed by atoms with Gasteiger partial charge in [-0.25, -0.2) is 0 Å². The summed E-state index contributed by atoms with van der Waals surface area (Å²) in [5.41, 5.74) is 1.10. The van der Waals surface area contributed by atoms with Gasteiger partial charge in [0.15, 0.2) is 0 Å². The van der Waals surface area contributed by atoms with Gasteiger partial charge in [-0.1, -0.05) is 30.3 Å². The molecular formula is C15H22N2O2. The van der Waals surface area contributed by atoms with Crippen molar-refractivity contribution in [3.63, 3.8) is 0 Å². The minimum atomic E-state index is -0.736. The van der Waals surface area contributed by atoms with Crippen LogP contribution in [-0.4, -0.2) is 53.6 Å². The smallest absolute Gasteiger partial charge is 0.305 e. The zero-order valence-corrected chi connectivity index (χ0v) is 11.6. The van der Waals surface area contributed by atoms with Gasteiger partial charge in [0, 0.05) is 31.7 Å². The van der Waals surface area contributed by atoms with Gasteiger partial charge in [0.05, 0.1) is 6.42 Å². The third-order valence-corrected chi connectivity index (χ3v) is 3.83. The van der Waals surface area contributed by atoms with E-state index in [1.165, 1.54) is 0 Å². The molecule has 0 bridgehead atoms. The SMILES string of the molecule is CC1CN(C)CCN1C(CC(=O)O)c1ccccc1. The maximum atomic E-state index is 11.2. The lowest BCUT2D eigenvalue weighted by molar-refractivity contribution is -0.139. The van der Waals surface area contributed by atoms with Crippen LogP contribution in [0.3, 0.4) is 0 Å². The summed E-state index contributed by atoms with van der Waals surface area (Å²) in [5, 5.41) is 9.18. The number of aliphatic carboxylic acids is 1. The molecule has 2 unspecified atom stereocenters. The summed E-state index contributed by atoms with van der Waals surface area (Å²) < 4.78 is 0. The van der Waals surface area contributed by atoms with E-state index in [1.807, 2.05) is 30.3 Å². The first-order valence-corrected chi connectivity index (χ1v) is 6.79. The van der Waals surface area contributed by atoms with Crippen LogP contribution in [-0.2, 0) is 4.79 Å². The van der Waals surface area contributed by atoms with Crippen LogP contribution >= 0.6 is 0 Å². The van der Waals surface area contributed by atoms with Gasteiger partial charge in [-0.05, 0) is 19.5 Å². The van der Waals surface area contributed by atoms with Crippen LogP contribution in [0.2, 0.25) is 0 Å². The Morgan fingerprint density at radius 2 is 2.05 bits per heavy atom. The number of rotatable bonds is 4. The Bertz CT molecular complexity index is 421. The van der Waals surface area contributed by atoms with Crippen LogP contribution in [0.5, 0.6) is 0 Å². The normalized spacial score (nSPS) is 23.2. The van der Waals surface area contributed by atoms with E-state index in [0.29, 0.717) is 6.04 Å². The molecule has 1 heterocycles. The Hall–Kier alpha value is -1.39. The molecule has 1 aromatic carbocycles. The van der Waals surface area contributed by atoms with Gasteiger partial charge in [-0.3, -0.25) is 9.69 Å². The zero-order valence-electron chi connectivity index (χ0n) is 11.6. The number of hydrogen-bond donors (Lipinski definition) is 1. The lowest BCUT2D eigenvalue weighted by Crippen LogP contribution is -2.51.